The molecule has 0 saturated carbocycles. The van der Waals surface area contributed by atoms with Crippen molar-refractivity contribution in [2.75, 3.05) is 6.61 Å². The molecule has 0 radical (unpaired) electrons. The average molecular weight is 282 g/mol. The molecule has 1 N–H and O–H groups in total. The van der Waals surface area contributed by atoms with Crippen LogP contribution in [0.4, 0.5) is 0 Å². The summed E-state index contributed by atoms with van der Waals surface area (Å²) in [4.78, 5) is 14.5. The van der Waals surface area contributed by atoms with Crippen LogP contribution >= 0.6 is 15.9 Å². The molecule has 2 aromatic rings. The molecule has 84 valence electrons. The summed E-state index contributed by atoms with van der Waals surface area (Å²) in [5, 5.41) is 1.07. The van der Waals surface area contributed by atoms with Crippen molar-refractivity contribution in [2.24, 2.45) is 0 Å². The largest absolute Gasteiger partial charge is 0.466 e. The fraction of sp³-hybridized carbons (Fsp3) is 0.250. The number of aromatic amines is 1. The van der Waals surface area contributed by atoms with Crippen LogP contribution in [0.25, 0.3) is 10.9 Å². The van der Waals surface area contributed by atoms with Crippen molar-refractivity contribution in [3.05, 3.63) is 34.4 Å². The smallest absolute Gasteiger partial charge is 0.310 e. The lowest BCUT2D eigenvalue weighted by atomic mass is 10.1. The van der Waals surface area contributed by atoms with E-state index < -0.39 is 0 Å². The Morgan fingerprint density at radius 1 is 1.50 bits per heavy atom. The number of H-pyrrole nitrogens is 1. The summed E-state index contributed by atoms with van der Waals surface area (Å²) < 4.78 is 5.94. The van der Waals surface area contributed by atoms with Crippen molar-refractivity contribution >= 4 is 32.8 Å². The van der Waals surface area contributed by atoms with Crippen LogP contribution in [0.5, 0.6) is 0 Å². The Balaban J connectivity index is 2.28. The van der Waals surface area contributed by atoms with Gasteiger partial charge in [-0.1, -0.05) is 22.0 Å². The van der Waals surface area contributed by atoms with Gasteiger partial charge in [0.25, 0.3) is 0 Å². The minimum Gasteiger partial charge on any atom is -0.466 e. The quantitative estimate of drug-likeness (QED) is 0.879. The molecule has 0 saturated heterocycles. The molecule has 0 bridgehead atoms. The lowest BCUT2D eigenvalue weighted by Gasteiger charge is -2.00. The van der Waals surface area contributed by atoms with Crippen LogP contribution < -0.4 is 0 Å². The first-order valence-corrected chi connectivity index (χ1v) is 5.91. The normalized spacial score (nSPS) is 10.6. The average Bonchev–Trinajstić information content (AvgIpc) is 2.61. The zero-order valence-electron chi connectivity index (χ0n) is 8.92. The maximum atomic E-state index is 11.4. The van der Waals surface area contributed by atoms with Crippen LogP contribution in [0.1, 0.15) is 12.5 Å². The van der Waals surface area contributed by atoms with Crippen molar-refractivity contribution in [2.45, 2.75) is 13.3 Å². The van der Waals surface area contributed by atoms with Gasteiger partial charge < -0.3 is 9.72 Å². The Kier molecular flexibility index (Phi) is 3.29. The summed E-state index contributed by atoms with van der Waals surface area (Å²) in [6.07, 6.45) is 2.17. The van der Waals surface area contributed by atoms with E-state index in [-0.39, 0.29) is 5.97 Å². The monoisotopic (exact) mass is 281 g/mol. The summed E-state index contributed by atoms with van der Waals surface area (Å²) in [5.74, 6) is -0.189. The number of carbonyl (C=O) groups is 1. The Morgan fingerprint density at radius 2 is 2.31 bits per heavy atom. The zero-order valence-corrected chi connectivity index (χ0v) is 10.5. The second kappa shape index (κ2) is 4.70. The first-order chi connectivity index (χ1) is 7.70. The number of hydrogen-bond donors (Lipinski definition) is 1. The van der Waals surface area contributed by atoms with E-state index >= 15 is 0 Å². The summed E-state index contributed by atoms with van der Waals surface area (Å²) in [7, 11) is 0. The van der Waals surface area contributed by atoms with E-state index in [0.717, 1.165) is 20.9 Å². The molecule has 16 heavy (non-hydrogen) atoms. The molecule has 0 atom stereocenters. The summed E-state index contributed by atoms with van der Waals surface area (Å²) in [6.45, 7) is 2.23. The Hall–Kier alpha value is -1.29. The van der Waals surface area contributed by atoms with E-state index in [4.69, 9.17) is 4.74 Å². The second-order valence-electron chi connectivity index (χ2n) is 3.49. The molecule has 1 aromatic carbocycles. The van der Waals surface area contributed by atoms with Crippen molar-refractivity contribution in [1.29, 1.82) is 0 Å². The van der Waals surface area contributed by atoms with Gasteiger partial charge in [0, 0.05) is 21.6 Å². The predicted octanol–water partition coefficient (Wildman–Crippen LogP) is 3.04. The minimum atomic E-state index is -0.189. The molecule has 0 amide bonds. The second-order valence-corrected chi connectivity index (χ2v) is 4.40. The topological polar surface area (TPSA) is 42.1 Å². The number of halogens is 1. The number of benzene rings is 1. The van der Waals surface area contributed by atoms with Crippen LogP contribution in [0.3, 0.4) is 0 Å². The van der Waals surface area contributed by atoms with Gasteiger partial charge in [-0.3, -0.25) is 4.79 Å². The highest BCUT2D eigenvalue weighted by Gasteiger charge is 2.09. The van der Waals surface area contributed by atoms with Gasteiger partial charge in [-0.25, -0.2) is 0 Å². The molecule has 0 aliphatic carbocycles. The van der Waals surface area contributed by atoms with Gasteiger partial charge in [0.05, 0.1) is 13.0 Å². The molecule has 0 spiro atoms. The van der Waals surface area contributed by atoms with Gasteiger partial charge in [0.1, 0.15) is 0 Å². The number of carbonyl (C=O) groups excluding carboxylic acids is 1. The SMILES string of the molecule is CCOC(=O)Cc1c[nH]c2cc(Br)ccc12. The molecule has 3 nitrogen and oxygen atoms in total. The standard InChI is InChI=1S/C12H12BrNO2/c1-2-16-12(15)5-8-7-14-11-6-9(13)3-4-10(8)11/h3-4,6-7,14H,2,5H2,1H3. The van der Waals surface area contributed by atoms with Crippen LogP contribution in [0.2, 0.25) is 0 Å². The molecular weight excluding hydrogens is 270 g/mol. The fourth-order valence-electron chi connectivity index (χ4n) is 1.67. The first kappa shape index (κ1) is 11.2. The highest BCUT2D eigenvalue weighted by molar-refractivity contribution is 9.10. The highest BCUT2D eigenvalue weighted by atomic mass is 79.9. The number of esters is 1. The predicted molar refractivity (Wildman–Crippen MR) is 66.3 cm³/mol. The highest BCUT2D eigenvalue weighted by Crippen LogP contribution is 2.22. The van der Waals surface area contributed by atoms with E-state index in [1.807, 2.05) is 31.3 Å². The first-order valence-electron chi connectivity index (χ1n) is 5.12. The number of aromatic nitrogens is 1. The number of rotatable bonds is 3. The van der Waals surface area contributed by atoms with Gasteiger partial charge in [0.2, 0.25) is 0 Å². The Bertz CT molecular complexity index is 519. The number of fused-ring (bicyclic) bond motifs is 1. The van der Waals surface area contributed by atoms with Crippen molar-refractivity contribution in [3.8, 4) is 0 Å². The molecular formula is C12H12BrNO2. The maximum Gasteiger partial charge on any atom is 0.310 e. The summed E-state index contributed by atoms with van der Waals surface area (Å²) in [5.41, 5.74) is 2.00. The third kappa shape index (κ3) is 2.27. The molecule has 0 aliphatic heterocycles. The van der Waals surface area contributed by atoms with Crippen LogP contribution in [-0.2, 0) is 16.0 Å². The van der Waals surface area contributed by atoms with Gasteiger partial charge in [-0.15, -0.1) is 0 Å². The van der Waals surface area contributed by atoms with Gasteiger partial charge in [0.15, 0.2) is 0 Å². The molecule has 0 unspecified atom stereocenters. The summed E-state index contributed by atoms with van der Waals surface area (Å²) in [6, 6.07) is 5.94. The molecule has 1 heterocycles. The lowest BCUT2D eigenvalue weighted by molar-refractivity contribution is -0.142. The van der Waals surface area contributed by atoms with E-state index in [0.29, 0.717) is 13.0 Å². The molecule has 4 heteroatoms. The van der Waals surface area contributed by atoms with Gasteiger partial charge in [-0.2, -0.15) is 0 Å². The third-order valence-corrected chi connectivity index (χ3v) is 2.86. The van der Waals surface area contributed by atoms with Gasteiger partial charge >= 0.3 is 5.97 Å². The van der Waals surface area contributed by atoms with Gasteiger partial charge in [-0.05, 0) is 24.6 Å². The van der Waals surface area contributed by atoms with E-state index in [9.17, 15) is 4.79 Å². The Labute approximate surface area is 102 Å². The minimum absolute atomic E-state index is 0.189. The van der Waals surface area contributed by atoms with Crippen molar-refractivity contribution in [1.82, 2.24) is 4.98 Å². The fourth-order valence-corrected chi connectivity index (χ4v) is 2.03. The van der Waals surface area contributed by atoms with Crippen molar-refractivity contribution < 1.29 is 9.53 Å². The number of ether oxygens (including phenoxy) is 1. The maximum absolute atomic E-state index is 11.4. The molecule has 2 rings (SSSR count). The number of nitrogens with one attached hydrogen (secondary N) is 1. The molecule has 0 aliphatic rings. The Morgan fingerprint density at radius 3 is 3.06 bits per heavy atom. The zero-order chi connectivity index (χ0) is 11.5. The molecule has 0 fully saturated rings. The van der Waals surface area contributed by atoms with Crippen LogP contribution in [0, 0.1) is 0 Å². The van der Waals surface area contributed by atoms with E-state index in [1.165, 1.54) is 0 Å². The van der Waals surface area contributed by atoms with E-state index in [1.54, 1.807) is 0 Å². The lowest BCUT2D eigenvalue weighted by Crippen LogP contribution is -2.06. The number of hydrogen-bond acceptors (Lipinski definition) is 2. The summed E-state index contributed by atoms with van der Waals surface area (Å²) >= 11 is 3.41. The van der Waals surface area contributed by atoms with E-state index in [2.05, 4.69) is 20.9 Å². The molecule has 1 aromatic heterocycles. The van der Waals surface area contributed by atoms with Crippen molar-refractivity contribution in [3.63, 3.8) is 0 Å². The van der Waals surface area contributed by atoms with Crippen LogP contribution in [-0.4, -0.2) is 17.6 Å². The van der Waals surface area contributed by atoms with Crippen LogP contribution in [0.15, 0.2) is 28.9 Å². The third-order valence-electron chi connectivity index (χ3n) is 2.37.